The van der Waals surface area contributed by atoms with Crippen molar-refractivity contribution < 1.29 is 24.0 Å². The highest BCUT2D eigenvalue weighted by atomic mass is 16.6. The molecule has 0 radical (unpaired) electrons. The first-order valence-corrected chi connectivity index (χ1v) is 5.50. The van der Waals surface area contributed by atoms with Crippen molar-refractivity contribution in [1.82, 2.24) is 4.98 Å². The minimum absolute atomic E-state index is 0.0430. The zero-order valence-corrected chi connectivity index (χ0v) is 10.4. The van der Waals surface area contributed by atoms with E-state index in [0.717, 1.165) is 12.3 Å². The summed E-state index contributed by atoms with van der Waals surface area (Å²) in [5, 5.41) is 11.0. The summed E-state index contributed by atoms with van der Waals surface area (Å²) in [5.41, 5.74) is -1.55. The third-order valence-electron chi connectivity index (χ3n) is 2.07. The molecule has 0 aliphatic carbocycles. The van der Waals surface area contributed by atoms with E-state index in [4.69, 9.17) is 4.74 Å². The zero-order chi connectivity index (χ0) is 14.4. The van der Waals surface area contributed by atoms with E-state index in [2.05, 4.69) is 9.72 Å². The molecule has 19 heavy (non-hydrogen) atoms. The Morgan fingerprint density at radius 3 is 2.37 bits per heavy atom. The molecule has 1 rings (SSSR count). The van der Waals surface area contributed by atoms with E-state index in [1.165, 1.54) is 0 Å². The molecule has 1 aromatic rings. The number of hydrogen-bond acceptors (Lipinski definition) is 7. The quantitative estimate of drug-likeness (QED) is 0.450. The van der Waals surface area contributed by atoms with Crippen LogP contribution in [0.5, 0.6) is 0 Å². The Balaban J connectivity index is 3.33. The van der Waals surface area contributed by atoms with Crippen LogP contribution in [0, 0.1) is 10.1 Å². The van der Waals surface area contributed by atoms with Crippen LogP contribution in [0.15, 0.2) is 12.3 Å². The second kappa shape index (κ2) is 6.43. The van der Waals surface area contributed by atoms with Crippen molar-refractivity contribution in [3.8, 4) is 0 Å². The summed E-state index contributed by atoms with van der Waals surface area (Å²) in [5.74, 6) is -1.84. The van der Waals surface area contributed by atoms with Crippen LogP contribution in [-0.4, -0.2) is 35.1 Å². The number of carbonyl (C=O) groups excluding carboxylic acids is 2. The second-order valence-electron chi connectivity index (χ2n) is 3.25. The smallest absolute Gasteiger partial charge is 0.364 e. The Morgan fingerprint density at radius 2 is 1.84 bits per heavy atom. The fourth-order valence-electron chi connectivity index (χ4n) is 1.36. The maximum atomic E-state index is 11.6. The van der Waals surface area contributed by atoms with Gasteiger partial charge in [0.15, 0.2) is 0 Å². The largest absolute Gasteiger partial charge is 0.462 e. The van der Waals surface area contributed by atoms with Crippen LogP contribution in [-0.2, 0) is 9.47 Å². The van der Waals surface area contributed by atoms with Gasteiger partial charge in [-0.05, 0) is 19.9 Å². The first kappa shape index (κ1) is 14.6. The van der Waals surface area contributed by atoms with Gasteiger partial charge < -0.3 is 9.47 Å². The van der Waals surface area contributed by atoms with Crippen molar-refractivity contribution in [1.29, 1.82) is 0 Å². The van der Waals surface area contributed by atoms with Crippen molar-refractivity contribution in [2.75, 3.05) is 13.2 Å². The van der Waals surface area contributed by atoms with Crippen LogP contribution >= 0.6 is 0 Å². The summed E-state index contributed by atoms with van der Waals surface area (Å²) in [4.78, 5) is 36.9. The molecule has 0 saturated heterocycles. The number of carbonyl (C=O) groups is 2. The highest BCUT2D eigenvalue weighted by molar-refractivity contribution is 6.00. The molecule has 8 heteroatoms. The van der Waals surface area contributed by atoms with Crippen molar-refractivity contribution in [3.63, 3.8) is 0 Å². The summed E-state index contributed by atoms with van der Waals surface area (Å²) in [6, 6.07) is 1.12. The monoisotopic (exact) mass is 268 g/mol. The number of ether oxygens (including phenoxy) is 2. The maximum absolute atomic E-state index is 11.6. The molecule has 0 N–H and O–H groups in total. The van der Waals surface area contributed by atoms with Gasteiger partial charge in [0.2, 0.25) is 5.69 Å². The number of esters is 2. The maximum Gasteiger partial charge on any atom is 0.364 e. The summed E-state index contributed by atoms with van der Waals surface area (Å²) in [6.45, 7) is 3.23. The van der Waals surface area contributed by atoms with Gasteiger partial charge in [0.05, 0.1) is 18.1 Å². The van der Waals surface area contributed by atoms with E-state index >= 15 is 0 Å². The molecule has 0 spiro atoms. The number of aromatic nitrogens is 1. The molecular weight excluding hydrogens is 256 g/mol. The lowest BCUT2D eigenvalue weighted by molar-refractivity contribution is -0.385. The minimum Gasteiger partial charge on any atom is -0.462 e. The van der Waals surface area contributed by atoms with Crippen LogP contribution in [0.2, 0.25) is 0 Å². The van der Waals surface area contributed by atoms with Crippen LogP contribution in [0.3, 0.4) is 0 Å². The van der Waals surface area contributed by atoms with E-state index in [9.17, 15) is 19.7 Å². The molecular formula is C11H12N2O6. The van der Waals surface area contributed by atoms with E-state index in [1.807, 2.05) is 0 Å². The fraction of sp³-hybridized carbons (Fsp3) is 0.364. The Morgan fingerprint density at radius 1 is 1.26 bits per heavy atom. The normalized spacial score (nSPS) is 9.79. The third-order valence-corrected chi connectivity index (χ3v) is 2.07. The van der Waals surface area contributed by atoms with Crippen molar-refractivity contribution in [2.24, 2.45) is 0 Å². The van der Waals surface area contributed by atoms with Gasteiger partial charge in [-0.3, -0.25) is 10.1 Å². The lowest BCUT2D eigenvalue weighted by Crippen LogP contribution is -2.15. The molecule has 0 saturated carbocycles. The van der Waals surface area contributed by atoms with Crippen LogP contribution in [0.25, 0.3) is 0 Å². The van der Waals surface area contributed by atoms with Gasteiger partial charge in [0, 0.05) is 6.20 Å². The standard InChI is InChI=1S/C11H12N2O6/c1-3-18-10(14)7-5-6-12-8(9(7)13(16)17)11(15)19-4-2/h5-6H,3-4H2,1-2H3. The fourth-order valence-corrected chi connectivity index (χ4v) is 1.36. The Bertz CT molecular complexity index is 478. The first-order valence-electron chi connectivity index (χ1n) is 5.50. The summed E-state index contributed by atoms with van der Waals surface area (Å²) >= 11 is 0. The molecule has 0 aromatic carbocycles. The minimum atomic E-state index is -0.958. The van der Waals surface area contributed by atoms with Gasteiger partial charge in [0.1, 0.15) is 5.56 Å². The predicted octanol–water partition coefficient (Wildman–Crippen LogP) is 1.34. The second-order valence-corrected chi connectivity index (χ2v) is 3.25. The topological polar surface area (TPSA) is 109 Å². The Labute approximate surface area is 108 Å². The lowest BCUT2D eigenvalue weighted by Gasteiger charge is -2.06. The van der Waals surface area contributed by atoms with Crippen LogP contribution < -0.4 is 0 Å². The number of nitro groups is 1. The molecule has 0 fully saturated rings. The van der Waals surface area contributed by atoms with Crippen molar-refractivity contribution >= 4 is 17.6 Å². The molecule has 0 aliphatic heterocycles. The summed E-state index contributed by atoms with van der Waals surface area (Å²) in [6.07, 6.45) is 1.12. The molecule has 102 valence electrons. The average molecular weight is 268 g/mol. The third kappa shape index (κ3) is 3.24. The summed E-state index contributed by atoms with van der Waals surface area (Å²) < 4.78 is 9.35. The van der Waals surface area contributed by atoms with E-state index in [-0.39, 0.29) is 18.8 Å². The number of rotatable bonds is 5. The summed E-state index contributed by atoms with van der Waals surface area (Å²) in [7, 11) is 0. The van der Waals surface area contributed by atoms with Gasteiger partial charge >= 0.3 is 17.6 Å². The number of nitrogens with zero attached hydrogens (tertiary/aromatic N) is 2. The molecule has 1 aromatic heterocycles. The number of hydrogen-bond donors (Lipinski definition) is 0. The Kier molecular flexibility index (Phi) is 4.92. The Hall–Kier alpha value is -2.51. The van der Waals surface area contributed by atoms with Gasteiger partial charge in [-0.1, -0.05) is 0 Å². The van der Waals surface area contributed by atoms with E-state index in [0.29, 0.717) is 0 Å². The molecule has 0 aliphatic rings. The zero-order valence-electron chi connectivity index (χ0n) is 10.4. The van der Waals surface area contributed by atoms with E-state index in [1.54, 1.807) is 13.8 Å². The average Bonchev–Trinajstić information content (AvgIpc) is 2.38. The lowest BCUT2D eigenvalue weighted by atomic mass is 10.1. The van der Waals surface area contributed by atoms with Gasteiger partial charge in [-0.25, -0.2) is 14.6 Å². The molecule has 8 nitrogen and oxygen atoms in total. The predicted molar refractivity (Wildman–Crippen MR) is 62.8 cm³/mol. The van der Waals surface area contributed by atoms with Crippen LogP contribution in [0.1, 0.15) is 34.7 Å². The van der Waals surface area contributed by atoms with E-state index < -0.39 is 28.2 Å². The van der Waals surface area contributed by atoms with Gasteiger partial charge in [-0.2, -0.15) is 0 Å². The number of pyridine rings is 1. The molecule has 0 bridgehead atoms. The van der Waals surface area contributed by atoms with Crippen molar-refractivity contribution in [3.05, 3.63) is 33.6 Å². The SMILES string of the molecule is CCOC(=O)c1ccnc(C(=O)OCC)c1[N+](=O)[O-]. The molecule has 0 atom stereocenters. The van der Waals surface area contributed by atoms with Crippen molar-refractivity contribution in [2.45, 2.75) is 13.8 Å². The van der Waals surface area contributed by atoms with Crippen LogP contribution in [0.4, 0.5) is 5.69 Å². The first-order chi connectivity index (χ1) is 9.02. The van der Waals surface area contributed by atoms with Gasteiger partial charge in [0.25, 0.3) is 0 Å². The molecule has 1 heterocycles. The highest BCUT2D eigenvalue weighted by Gasteiger charge is 2.31. The van der Waals surface area contributed by atoms with Gasteiger partial charge in [-0.15, -0.1) is 0 Å². The highest BCUT2D eigenvalue weighted by Crippen LogP contribution is 2.23. The molecule has 0 amide bonds. The molecule has 0 unspecified atom stereocenters.